The number of rotatable bonds is 4. The maximum Gasteiger partial charge on any atom is 0.323 e. The number of hydrogen-bond donors (Lipinski definition) is 2. The van der Waals surface area contributed by atoms with Crippen molar-refractivity contribution < 1.29 is 9.90 Å². The van der Waals surface area contributed by atoms with Crippen LogP contribution in [0.15, 0.2) is 6.20 Å². The van der Waals surface area contributed by atoms with E-state index in [0.29, 0.717) is 18.1 Å². The lowest BCUT2D eigenvalue weighted by Gasteiger charge is -2.17. The minimum atomic E-state index is -0.391. The lowest BCUT2D eigenvalue weighted by molar-refractivity contribution is 0.167. The fraction of sp³-hybridized carbons (Fsp3) is 0.600. The molecular weight excluding hydrogens is 226 g/mol. The zero-order valence-corrected chi connectivity index (χ0v) is 10.5. The van der Waals surface area contributed by atoms with Crippen molar-refractivity contribution in [3.05, 3.63) is 11.1 Å². The van der Waals surface area contributed by atoms with E-state index in [0.717, 1.165) is 4.88 Å². The van der Waals surface area contributed by atoms with Crippen LogP contribution in [0, 0.1) is 6.92 Å². The first-order valence-corrected chi connectivity index (χ1v) is 5.93. The van der Waals surface area contributed by atoms with E-state index in [9.17, 15) is 4.79 Å². The van der Waals surface area contributed by atoms with Gasteiger partial charge in [0.25, 0.3) is 0 Å². The molecule has 0 aliphatic rings. The van der Waals surface area contributed by atoms with Crippen molar-refractivity contribution in [2.45, 2.75) is 26.4 Å². The monoisotopic (exact) mass is 243 g/mol. The molecule has 1 aromatic heterocycles. The van der Waals surface area contributed by atoms with E-state index >= 15 is 0 Å². The highest BCUT2D eigenvalue weighted by atomic mass is 32.1. The number of urea groups is 1. The standard InChI is InChI=1S/C10H17N3O2S/c1-7(14)4-5-13(3)10(15)12-9-11-6-8(2)16-9/h6-7,14H,4-5H2,1-3H3,(H,11,12,15). The molecule has 0 saturated heterocycles. The van der Waals surface area contributed by atoms with E-state index in [1.54, 1.807) is 20.2 Å². The molecule has 1 unspecified atom stereocenters. The number of aliphatic hydroxyl groups is 1. The minimum absolute atomic E-state index is 0.199. The van der Waals surface area contributed by atoms with Crippen molar-refractivity contribution in [3.63, 3.8) is 0 Å². The molecule has 0 aromatic carbocycles. The molecule has 0 spiro atoms. The third-order valence-corrected chi connectivity index (χ3v) is 2.89. The number of anilines is 1. The van der Waals surface area contributed by atoms with Crippen molar-refractivity contribution in [2.24, 2.45) is 0 Å². The number of hydrogen-bond acceptors (Lipinski definition) is 4. The maximum atomic E-state index is 11.6. The predicted molar refractivity (Wildman–Crippen MR) is 64.8 cm³/mol. The zero-order valence-electron chi connectivity index (χ0n) is 9.73. The molecular formula is C10H17N3O2S. The molecule has 16 heavy (non-hydrogen) atoms. The quantitative estimate of drug-likeness (QED) is 0.845. The summed E-state index contributed by atoms with van der Waals surface area (Å²) in [5, 5.41) is 12.4. The first-order chi connectivity index (χ1) is 7.49. The summed E-state index contributed by atoms with van der Waals surface area (Å²) in [6.45, 7) is 4.16. The van der Waals surface area contributed by atoms with Gasteiger partial charge in [0.2, 0.25) is 0 Å². The molecule has 2 amide bonds. The molecule has 90 valence electrons. The van der Waals surface area contributed by atoms with E-state index in [2.05, 4.69) is 10.3 Å². The smallest absolute Gasteiger partial charge is 0.323 e. The summed E-state index contributed by atoms with van der Waals surface area (Å²) in [6.07, 6.45) is 1.90. The molecule has 1 aromatic rings. The van der Waals surface area contributed by atoms with Gasteiger partial charge >= 0.3 is 6.03 Å². The molecule has 1 atom stereocenters. The van der Waals surface area contributed by atoms with Crippen LogP contribution < -0.4 is 5.32 Å². The van der Waals surface area contributed by atoms with Crippen LogP contribution in [0.1, 0.15) is 18.2 Å². The van der Waals surface area contributed by atoms with Crippen LogP contribution in [-0.2, 0) is 0 Å². The first-order valence-electron chi connectivity index (χ1n) is 5.11. The number of aryl methyl sites for hydroxylation is 1. The number of carbonyl (C=O) groups excluding carboxylic acids is 1. The van der Waals surface area contributed by atoms with Crippen molar-refractivity contribution in [1.82, 2.24) is 9.88 Å². The Labute approximate surface area is 99.1 Å². The van der Waals surface area contributed by atoms with E-state index in [-0.39, 0.29) is 6.03 Å². The molecule has 1 heterocycles. The summed E-state index contributed by atoms with van der Waals surface area (Å²) in [7, 11) is 1.69. The van der Waals surface area contributed by atoms with Gasteiger partial charge in [-0.25, -0.2) is 9.78 Å². The second-order valence-electron chi connectivity index (χ2n) is 3.77. The maximum absolute atomic E-state index is 11.6. The van der Waals surface area contributed by atoms with Gasteiger partial charge in [0, 0.05) is 24.7 Å². The number of thiazole rings is 1. The van der Waals surface area contributed by atoms with Gasteiger partial charge in [0.05, 0.1) is 6.10 Å². The van der Waals surface area contributed by atoms with Gasteiger partial charge in [-0.3, -0.25) is 5.32 Å². The Hall–Kier alpha value is -1.14. The third kappa shape index (κ3) is 4.16. The van der Waals surface area contributed by atoms with Gasteiger partial charge in [0.15, 0.2) is 5.13 Å². The first kappa shape index (κ1) is 12.9. The molecule has 1 rings (SSSR count). The van der Waals surface area contributed by atoms with Gasteiger partial charge in [-0.1, -0.05) is 0 Å². The number of nitrogens with one attached hydrogen (secondary N) is 1. The lowest BCUT2D eigenvalue weighted by atomic mass is 10.3. The van der Waals surface area contributed by atoms with Gasteiger partial charge in [-0.15, -0.1) is 11.3 Å². The number of aliphatic hydroxyl groups excluding tert-OH is 1. The minimum Gasteiger partial charge on any atom is -0.393 e. The molecule has 0 saturated carbocycles. The van der Waals surface area contributed by atoms with Crippen LogP contribution in [-0.4, -0.2) is 40.7 Å². The molecule has 0 aliphatic carbocycles. The highest BCUT2D eigenvalue weighted by Gasteiger charge is 2.11. The van der Waals surface area contributed by atoms with E-state index in [1.807, 2.05) is 6.92 Å². The van der Waals surface area contributed by atoms with Crippen LogP contribution in [0.25, 0.3) is 0 Å². The molecule has 0 fully saturated rings. The summed E-state index contributed by atoms with van der Waals surface area (Å²) in [5.74, 6) is 0. The molecule has 6 heteroatoms. The SMILES string of the molecule is Cc1cnc(NC(=O)N(C)CCC(C)O)s1. The fourth-order valence-electron chi connectivity index (χ4n) is 1.08. The van der Waals surface area contributed by atoms with Gasteiger partial charge in [0.1, 0.15) is 0 Å². The average molecular weight is 243 g/mol. The number of carbonyl (C=O) groups is 1. The third-order valence-electron chi connectivity index (χ3n) is 2.06. The fourth-order valence-corrected chi connectivity index (χ4v) is 1.74. The number of amides is 2. The Morgan fingerprint density at radius 2 is 2.44 bits per heavy atom. The van der Waals surface area contributed by atoms with E-state index < -0.39 is 6.10 Å². The largest absolute Gasteiger partial charge is 0.393 e. The lowest BCUT2D eigenvalue weighted by Crippen LogP contribution is -2.33. The molecule has 0 bridgehead atoms. The Balaban J connectivity index is 2.39. The van der Waals surface area contributed by atoms with Gasteiger partial charge < -0.3 is 10.0 Å². The van der Waals surface area contributed by atoms with Crippen molar-refractivity contribution in [1.29, 1.82) is 0 Å². The predicted octanol–water partition coefficient (Wildman–Crippen LogP) is 1.69. The summed E-state index contributed by atoms with van der Waals surface area (Å²) >= 11 is 1.44. The molecule has 0 radical (unpaired) electrons. The summed E-state index contributed by atoms with van der Waals surface area (Å²) < 4.78 is 0. The van der Waals surface area contributed by atoms with Crippen LogP contribution in [0.5, 0.6) is 0 Å². The van der Waals surface area contributed by atoms with Crippen LogP contribution in [0.2, 0.25) is 0 Å². The van der Waals surface area contributed by atoms with Crippen molar-refractivity contribution >= 4 is 22.5 Å². The van der Waals surface area contributed by atoms with Crippen molar-refractivity contribution in [2.75, 3.05) is 18.9 Å². The molecule has 0 aliphatic heterocycles. The summed E-state index contributed by atoms with van der Waals surface area (Å²) in [5.41, 5.74) is 0. The molecule has 2 N–H and O–H groups in total. The highest BCUT2D eigenvalue weighted by molar-refractivity contribution is 7.15. The van der Waals surface area contributed by atoms with Crippen molar-refractivity contribution in [3.8, 4) is 0 Å². The van der Waals surface area contributed by atoms with E-state index in [1.165, 1.54) is 16.2 Å². The van der Waals surface area contributed by atoms with Crippen LogP contribution in [0.4, 0.5) is 9.93 Å². The Morgan fingerprint density at radius 3 is 2.94 bits per heavy atom. The number of aromatic nitrogens is 1. The topological polar surface area (TPSA) is 65.5 Å². The normalized spacial score (nSPS) is 12.2. The molecule has 5 nitrogen and oxygen atoms in total. The second kappa shape index (κ2) is 5.81. The Bertz CT molecular complexity index is 352. The van der Waals surface area contributed by atoms with Crippen LogP contribution in [0.3, 0.4) is 0 Å². The Morgan fingerprint density at radius 1 is 1.75 bits per heavy atom. The zero-order chi connectivity index (χ0) is 12.1. The second-order valence-corrected chi connectivity index (χ2v) is 5.00. The highest BCUT2D eigenvalue weighted by Crippen LogP contribution is 2.16. The summed E-state index contributed by atoms with van der Waals surface area (Å²) in [6, 6.07) is -0.199. The number of nitrogens with zero attached hydrogens (tertiary/aromatic N) is 2. The van der Waals surface area contributed by atoms with Gasteiger partial charge in [-0.2, -0.15) is 0 Å². The summed E-state index contributed by atoms with van der Waals surface area (Å²) in [4.78, 5) is 18.3. The van der Waals surface area contributed by atoms with Crippen LogP contribution >= 0.6 is 11.3 Å². The van der Waals surface area contributed by atoms with Gasteiger partial charge in [-0.05, 0) is 20.3 Å². The van der Waals surface area contributed by atoms with E-state index in [4.69, 9.17) is 5.11 Å². The Kier molecular flexibility index (Phi) is 4.70. The average Bonchev–Trinajstić information content (AvgIpc) is 2.60.